The number of thioether (sulfide) groups is 1. The normalized spacial score (nSPS) is 20.4. The van der Waals surface area contributed by atoms with Crippen LogP contribution in [0.4, 0.5) is 0 Å². The Labute approximate surface area is 92.7 Å². The van der Waals surface area contributed by atoms with Gasteiger partial charge in [-0.05, 0) is 6.42 Å². The molecule has 0 amide bonds. The van der Waals surface area contributed by atoms with Gasteiger partial charge >= 0.3 is 0 Å². The Balaban J connectivity index is 1.80. The fraction of sp³-hybridized carbons (Fsp3) is 0.667. The average molecular weight is 226 g/mol. The van der Waals surface area contributed by atoms with Crippen LogP contribution in [-0.2, 0) is 6.54 Å². The maximum atomic E-state index is 4.87. The van der Waals surface area contributed by atoms with Crippen LogP contribution in [0.15, 0.2) is 9.52 Å². The minimum absolute atomic E-state index is 0.583. The summed E-state index contributed by atoms with van der Waals surface area (Å²) < 4.78 is 4.87. The van der Waals surface area contributed by atoms with E-state index in [1.165, 1.54) is 0 Å². The molecule has 0 aliphatic carbocycles. The van der Waals surface area contributed by atoms with Gasteiger partial charge in [0, 0.05) is 12.2 Å². The highest BCUT2D eigenvalue weighted by Gasteiger charge is 2.17. The van der Waals surface area contributed by atoms with Crippen molar-refractivity contribution in [1.82, 2.24) is 15.5 Å². The van der Waals surface area contributed by atoms with Crippen molar-refractivity contribution in [3.63, 3.8) is 0 Å². The highest BCUT2D eigenvalue weighted by molar-refractivity contribution is 8.14. The summed E-state index contributed by atoms with van der Waals surface area (Å²) >= 11 is 1.79. The van der Waals surface area contributed by atoms with Gasteiger partial charge in [-0.1, -0.05) is 23.8 Å². The topological polar surface area (TPSA) is 63.3 Å². The van der Waals surface area contributed by atoms with Gasteiger partial charge in [0.05, 0.1) is 13.1 Å². The minimum Gasteiger partial charge on any atom is -0.357 e. The van der Waals surface area contributed by atoms with Crippen molar-refractivity contribution in [2.75, 3.05) is 6.54 Å². The van der Waals surface area contributed by atoms with Gasteiger partial charge in [0.25, 0.3) is 0 Å². The SMILES string of the molecule is CCC1CN=C(NCc2noc(C)n2)S1. The molecule has 1 N–H and O–H groups in total. The molecule has 0 bridgehead atoms. The molecule has 1 aliphatic heterocycles. The van der Waals surface area contributed by atoms with Gasteiger partial charge in [-0.3, -0.25) is 4.99 Å². The first-order chi connectivity index (χ1) is 7.28. The van der Waals surface area contributed by atoms with E-state index in [1.54, 1.807) is 18.7 Å². The summed E-state index contributed by atoms with van der Waals surface area (Å²) in [7, 11) is 0. The van der Waals surface area contributed by atoms with E-state index < -0.39 is 0 Å². The summed E-state index contributed by atoms with van der Waals surface area (Å²) in [5, 5.41) is 8.62. The third-order valence-corrected chi connectivity index (χ3v) is 3.45. The Morgan fingerprint density at radius 1 is 1.60 bits per heavy atom. The largest absolute Gasteiger partial charge is 0.357 e. The molecule has 1 unspecified atom stereocenters. The highest BCUT2D eigenvalue weighted by Crippen LogP contribution is 2.21. The number of aromatic nitrogens is 2. The number of hydrogen-bond acceptors (Lipinski definition) is 6. The van der Waals surface area contributed by atoms with Gasteiger partial charge in [0.2, 0.25) is 5.89 Å². The molecule has 0 radical (unpaired) electrons. The lowest BCUT2D eigenvalue weighted by Crippen LogP contribution is -2.19. The first-order valence-corrected chi connectivity index (χ1v) is 5.90. The zero-order valence-electron chi connectivity index (χ0n) is 8.86. The van der Waals surface area contributed by atoms with E-state index in [4.69, 9.17) is 4.52 Å². The standard InChI is InChI=1S/C9H14N4OS/c1-3-7-4-10-9(15-7)11-5-8-12-6(2)14-13-8/h7H,3-5H2,1-2H3,(H,10,11). The molecule has 0 saturated carbocycles. The summed E-state index contributed by atoms with van der Waals surface area (Å²) in [5.41, 5.74) is 0. The molecular formula is C9H14N4OS. The van der Waals surface area contributed by atoms with Crippen LogP contribution in [0.25, 0.3) is 0 Å². The maximum absolute atomic E-state index is 4.87. The number of rotatable bonds is 3. The van der Waals surface area contributed by atoms with Crippen molar-refractivity contribution in [3.05, 3.63) is 11.7 Å². The minimum atomic E-state index is 0.583. The number of nitrogens with zero attached hydrogens (tertiary/aromatic N) is 3. The summed E-state index contributed by atoms with van der Waals surface area (Å²) in [6.07, 6.45) is 1.15. The Hall–Kier alpha value is -1.04. The van der Waals surface area contributed by atoms with Crippen molar-refractivity contribution >= 4 is 16.9 Å². The molecule has 1 atom stereocenters. The molecule has 1 aliphatic rings. The molecule has 2 heterocycles. The number of aryl methyl sites for hydroxylation is 1. The molecule has 5 nitrogen and oxygen atoms in total. The smallest absolute Gasteiger partial charge is 0.223 e. The van der Waals surface area contributed by atoms with Crippen molar-refractivity contribution in [2.45, 2.75) is 32.1 Å². The van der Waals surface area contributed by atoms with E-state index in [9.17, 15) is 0 Å². The molecule has 0 aromatic carbocycles. The van der Waals surface area contributed by atoms with Crippen LogP contribution in [0.1, 0.15) is 25.1 Å². The summed E-state index contributed by atoms with van der Waals surface area (Å²) in [4.78, 5) is 8.50. The molecule has 0 fully saturated rings. The summed E-state index contributed by atoms with van der Waals surface area (Å²) in [6.45, 7) is 5.46. The zero-order chi connectivity index (χ0) is 10.7. The van der Waals surface area contributed by atoms with Gasteiger partial charge < -0.3 is 9.84 Å². The van der Waals surface area contributed by atoms with Crippen LogP contribution in [0.5, 0.6) is 0 Å². The van der Waals surface area contributed by atoms with Crippen molar-refractivity contribution in [2.24, 2.45) is 4.99 Å². The lowest BCUT2D eigenvalue weighted by Gasteiger charge is -2.04. The first-order valence-electron chi connectivity index (χ1n) is 5.02. The highest BCUT2D eigenvalue weighted by atomic mass is 32.2. The molecule has 2 rings (SSSR count). The molecule has 1 aromatic heterocycles. The lowest BCUT2D eigenvalue weighted by atomic mass is 10.3. The second kappa shape index (κ2) is 4.65. The second-order valence-corrected chi connectivity index (χ2v) is 4.67. The van der Waals surface area contributed by atoms with Crippen molar-refractivity contribution in [1.29, 1.82) is 0 Å². The molecule has 82 valence electrons. The van der Waals surface area contributed by atoms with Crippen LogP contribution in [0.2, 0.25) is 0 Å². The number of amidine groups is 1. The van der Waals surface area contributed by atoms with Crippen molar-refractivity contribution in [3.8, 4) is 0 Å². The number of nitrogens with one attached hydrogen (secondary N) is 1. The van der Waals surface area contributed by atoms with Gasteiger partial charge in [-0.2, -0.15) is 4.98 Å². The summed E-state index contributed by atoms with van der Waals surface area (Å²) in [6, 6.07) is 0. The number of aliphatic imine (C=N–C) groups is 1. The maximum Gasteiger partial charge on any atom is 0.223 e. The van der Waals surface area contributed by atoms with E-state index in [1.807, 2.05) is 0 Å². The fourth-order valence-electron chi connectivity index (χ4n) is 1.29. The van der Waals surface area contributed by atoms with Gasteiger partial charge in [-0.15, -0.1) is 0 Å². The Morgan fingerprint density at radius 2 is 2.47 bits per heavy atom. The molecule has 6 heteroatoms. The van der Waals surface area contributed by atoms with E-state index in [-0.39, 0.29) is 0 Å². The third kappa shape index (κ3) is 2.71. The fourth-order valence-corrected chi connectivity index (χ4v) is 2.23. The van der Waals surface area contributed by atoms with Gasteiger partial charge in [-0.25, -0.2) is 0 Å². The molecule has 0 saturated heterocycles. The van der Waals surface area contributed by atoms with Crippen molar-refractivity contribution < 1.29 is 4.52 Å². The van der Waals surface area contributed by atoms with E-state index in [2.05, 4.69) is 27.4 Å². The lowest BCUT2D eigenvalue weighted by molar-refractivity contribution is 0.387. The first kappa shape index (κ1) is 10.5. The number of hydrogen-bond donors (Lipinski definition) is 1. The second-order valence-electron chi connectivity index (χ2n) is 3.38. The van der Waals surface area contributed by atoms with Crippen LogP contribution in [0.3, 0.4) is 0 Å². The van der Waals surface area contributed by atoms with Crippen LogP contribution < -0.4 is 5.32 Å². The predicted molar refractivity (Wildman–Crippen MR) is 59.8 cm³/mol. The Morgan fingerprint density at radius 3 is 3.07 bits per heavy atom. The predicted octanol–water partition coefficient (Wildman–Crippen LogP) is 1.35. The molecule has 1 aromatic rings. The van der Waals surface area contributed by atoms with Crippen LogP contribution in [0, 0.1) is 6.92 Å². The van der Waals surface area contributed by atoms with Crippen LogP contribution in [-0.4, -0.2) is 27.1 Å². The Kier molecular flexibility index (Phi) is 3.25. The van der Waals surface area contributed by atoms with Gasteiger partial charge in [0.15, 0.2) is 11.0 Å². The average Bonchev–Trinajstić information content (AvgIpc) is 2.83. The molecule has 15 heavy (non-hydrogen) atoms. The van der Waals surface area contributed by atoms with Crippen LogP contribution >= 0.6 is 11.8 Å². The van der Waals surface area contributed by atoms with E-state index >= 15 is 0 Å². The van der Waals surface area contributed by atoms with Gasteiger partial charge in [0.1, 0.15) is 0 Å². The third-order valence-electron chi connectivity index (χ3n) is 2.14. The monoisotopic (exact) mass is 226 g/mol. The zero-order valence-corrected chi connectivity index (χ0v) is 9.67. The quantitative estimate of drug-likeness (QED) is 0.842. The Bertz CT molecular complexity index is 363. The molecular weight excluding hydrogens is 212 g/mol. The van der Waals surface area contributed by atoms with E-state index in [0.29, 0.717) is 23.5 Å². The summed E-state index contributed by atoms with van der Waals surface area (Å²) in [5.74, 6) is 1.27. The molecule has 0 spiro atoms. The van der Waals surface area contributed by atoms with E-state index in [0.717, 1.165) is 18.1 Å².